The average molecular weight is 377 g/mol. The highest BCUT2D eigenvalue weighted by Crippen LogP contribution is 2.31. The van der Waals surface area contributed by atoms with Crippen LogP contribution in [0.25, 0.3) is 5.69 Å². The molecule has 4 rings (SSSR count). The lowest BCUT2D eigenvalue weighted by atomic mass is 9.92. The Balaban J connectivity index is 1.62. The predicted octanol–water partition coefficient (Wildman–Crippen LogP) is 3.89. The van der Waals surface area contributed by atoms with E-state index in [1.54, 1.807) is 0 Å². The van der Waals surface area contributed by atoms with Crippen molar-refractivity contribution in [1.82, 2.24) is 25.3 Å². The summed E-state index contributed by atoms with van der Waals surface area (Å²) in [5.74, 6) is -0.120. The van der Waals surface area contributed by atoms with E-state index in [0.29, 0.717) is 5.69 Å². The van der Waals surface area contributed by atoms with E-state index < -0.39 is 0 Å². The highest BCUT2D eigenvalue weighted by atomic mass is 16.2. The molecule has 1 aliphatic rings. The van der Waals surface area contributed by atoms with E-state index in [2.05, 4.69) is 59.6 Å². The van der Waals surface area contributed by atoms with Crippen LogP contribution >= 0.6 is 0 Å². The van der Waals surface area contributed by atoms with Crippen molar-refractivity contribution in [2.75, 3.05) is 0 Å². The second-order valence-corrected chi connectivity index (χ2v) is 7.75. The van der Waals surface area contributed by atoms with Crippen LogP contribution in [-0.4, -0.2) is 25.9 Å². The van der Waals surface area contributed by atoms with Gasteiger partial charge in [-0.15, -0.1) is 0 Å². The van der Waals surface area contributed by atoms with Crippen LogP contribution in [0.4, 0.5) is 0 Å². The first kappa shape index (κ1) is 18.5. The summed E-state index contributed by atoms with van der Waals surface area (Å²) < 4.78 is 2.03. The SMILES string of the molecule is CCc1[nH]nc(C(=O)N[C@@H]2CCCc3c2cnn3-c2cc(C)cc(C)c2)c1C. The Morgan fingerprint density at radius 3 is 2.68 bits per heavy atom. The first-order chi connectivity index (χ1) is 13.5. The van der Waals surface area contributed by atoms with Crippen molar-refractivity contribution in [1.29, 1.82) is 0 Å². The number of rotatable bonds is 4. The average Bonchev–Trinajstić information content (AvgIpc) is 3.25. The molecule has 1 aliphatic carbocycles. The molecule has 1 aromatic carbocycles. The lowest BCUT2D eigenvalue weighted by Gasteiger charge is -2.24. The Hall–Kier alpha value is -2.89. The molecule has 2 aromatic heterocycles. The third-order valence-electron chi connectivity index (χ3n) is 5.62. The van der Waals surface area contributed by atoms with Gasteiger partial charge in [0.15, 0.2) is 5.69 Å². The molecule has 2 N–H and O–H groups in total. The van der Waals surface area contributed by atoms with Gasteiger partial charge in [0.2, 0.25) is 0 Å². The molecule has 1 atom stereocenters. The van der Waals surface area contributed by atoms with E-state index in [0.717, 1.165) is 48.2 Å². The van der Waals surface area contributed by atoms with Crippen LogP contribution in [0.15, 0.2) is 24.4 Å². The van der Waals surface area contributed by atoms with Gasteiger partial charge >= 0.3 is 0 Å². The Kier molecular flexibility index (Phi) is 4.79. The summed E-state index contributed by atoms with van der Waals surface area (Å²) in [5, 5.41) is 15.0. The largest absolute Gasteiger partial charge is 0.344 e. The molecular formula is C22H27N5O. The maximum atomic E-state index is 12.8. The highest BCUT2D eigenvalue weighted by Gasteiger charge is 2.27. The number of carbonyl (C=O) groups is 1. The summed E-state index contributed by atoms with van der Waals surface area (Å²) in [6.07, 6.45) is 5.65. The third-order valence-corrected chi connectivity index (χ3v) is 5.62. The molecule has 6 heteroatoms. The van der Waals surface area contributed by atoms with E-state index >= 15 is 0 Å². The molecule has 6 nitrogen and oxygen atoms in total. The van der Waals surface area contributed by atoms with Crippen LogP contribution in [0.3, 0.4) is 0 Å². The number of H-pyrrole nitrogens is 1. The molecule has 0 unspecified atom stereocenters. The number of fused-ring (bicyclic) bond motifs is 1. The van der Waals surface area contributed by atoms with E-state index in [9.17, 15) is 4.79 Å². The zero-order chi connectivity index (χ0) is 19.8. The topological polar surface area (TPSA) is 75.6 Å². The third kappa shape index (κ3) is 3.23. The predicted molar refractivity (Wildman–Crippen MR) is 109 cm³/mol. The number of nitrogens with one attached hydrogen (secondary N) is 2. The molecule has 2 heterocycles. The monoisotopic (exact) mass is 377 g/mol. The van der Waals surface area contributed by atoms with Crippen molar-refractivity contribution in [3.63, 3.8) is 0 Å². The fourth-order valence-corrected chi connectivity index (χ4v) is 4.23. The quantitative estimate of drug-likeness (QED) is 0.724. The van der Waals surface area contributed by atoms with Crippen molar-refractivity contribution in [2.45, 2.75) is 59.4 Å². The van der Waals surface area contributed by atoms with Gasteiger partial charge < -0.3 is 5.32 Å². The molecular weight excluding hydrogens is 350 g/mol. The number of carbonyl (C=O) groups excluding carboxylic acids is 1. The van der Waals surface area contributed by atoms with Gasteiger partial charge in [-0.2, -0.15) is 10.2 Å². The molecule has 0 aliphatic heterocycles. The van der Waals surface area contributed by atoms with Crippen LogP contribution in [0.1, 0.15) is 69.9 Å². The van der Waals surface area contributed by atoms with Crippen molar-refractivity contribution < 1.29 is 4.79 Å². The molecule has 0 fully saturated rings. The molecule has 28 heavy (non-hydrogen) atoms. The van der Waals surface area contributed by atoms with E-state index in [-0.39, 0.29) is 11.9 Å². The zero-order valence-electron chi connectivity index (χ0n) is 17.0. The second-order valence-electron chi connectivity index (χ2n) is 7.75. The maximum Gasteiger partial charge on any atom is 0.272 e. The fraction of sp³-hybridized carbons (Fsp3) is 0.409. The van der Waals surface area contributed by atoms with Crippen LogP contribution in [0, 0.1) is 20.8 Å². The lowest BCUT2D eigenvalue weighted by molar-refractivity contribution is 0.0927. The van der Waals surface area contributed by atoms with Gasteiger partial charge in [0.05, 0.1) is 17.9 Å². The molecule has 146 valence electrons. The zero-order valence-corrected chi connectivity index (χ0v) is 17.0. The molecule has 0 saturated heterocycles. The standard InChI is InChI=1S/C22H27N5O/c1-5-18-15(4)21(26-25-18)22(28)24-19-7-6-8-20-17(19)12-23-27(20)16-10-13(2)9-14(3)11-16/h9-12,19H,5-8H2,1-4H3,(H,24,28)(H,25,26)/t19-/m1/s1. The summed E-state index contributed by atoms with van der Waals surface area (Å²) in [6, 6.07) is 6.44. The smallest absolute Gasteiger partial charge is 0.272 e. The number of hydrogen-bond acceptors (Lipinski definition) is 3. The summed E-state index contributed by atoms with van der Waals surface area (Å²) in [6.45, 7) is 8.21. The normalized spacial score (nSPS) is 16.1. The number of aromatic amines is 1. The number of aromatic nitrogens is 4. The van der Waals surface area contributed by atoms with Crippen LogP contribution in [0.2, 0.25) is 0 Å². The Bertz CT molecular complexity index is 1010. The Labute approximate surface area is 165 Å². The summed E-state index contributed by atoms with van der Waals surface area (Å²) >= 11 is 0. The van der Waals surface area contributed by atoms with Gasteiger partial charge in [-0.3, -0.25) is 9.89 Å². The first-order valence-electron chi connectivity index (χ1n) is 9.98. The molecule has 3 aromatic rings. The number of amides is 1. The van der Waals surface area contributed by atoms with Crippen molar-refractivity contribution in [3.8, 4) is 5.69 Å². The molecule has 0 bridgehead atoms. The summed E-state index contributed by atoms with van der Waals surface area (Å²) in [5.41, 5.74) is 8.27. The van der Waals surface area contributed by atoms with Gasteiger partial charge in [0, 0.05) is 22.5 Å². The van der Waals surface area contributed by atoms with Crippen molar-refractivity contribution in [3.05, 3.63) is 63.7 Å². The first-order valence-corrected chi connectivity index (χ1v) is 9.98. The second kappa shape index (κ2) is 7.26. The summed E-state index contributed by atoms with van der Waals surface area (Å²) in [4.78, 5) is 12.8. The fourth-order valence-electron chi connectivity index (χ4n) is 4.23. The Morgan fingerprint density at radius 1 is 1.25 bits per heavy atom. The van der Waals surface area contributed by atoms with Crippen LogP contribution in [0.5, 0.6) is 0 Å². The van der Waals surface area contributed by atoms with E-state index in [1.807, 2.05) is 17.8 Å². The Morgan fingerprint density at radius 2 is 2.00 bits per heavy atom. The minimum Gasteiger partial charge on any atom is -0.344 e. The molecule has 1 amide bonds. The van der Waals surface area contributed by atoms with E-state index in [4.69, 9.17) is 0 Å². The molecule has 0 spiro atoms. The summed E-state index contributed by atoms with van der Waals surface area (Å²) in [7, 11) is 0. The van der Waals surface area contributed by atoms with Crippen LogP contribution in [-0.2, 0) is 12.8 Å². The number of aryl methyl sites for hydroxylation is 3. The van der Waals surface area contributed by atoms with Gasteiger partial charge in [0.25, 0.3) is 5.91 Å². The van der Waals surface area contributed by atoms with Crippen LogP contribution < -0.4 is 5.32 Å². The van der Waals surface area contributed by atoms with Crippen molar-refractivity contribution >= 4 is 5.91 Å². The minimum atomic E-state index is -0.120. The van der Waals surface area contributed by atoms with Crippen molar-refractivity contribution in [2.24, 2.45) is 0 Å². The van der Waals surface area contributed by atoms with Gasteiger partial charge in [-0.1, -0.05) is 13.0 Å². The highest BCUT2D eigenvalue weighted by molar-refractivity contribution is 5.94. The van der Waals surface area contributed by atoms with Gasteiger partial charge in [-0.25, -0.2) is 4.68 Å². The maximum absolute atomic E-state index is 12.8. The molecule has 0 radical (unpaired) electrons. The lowest BCUT2D eigenvalue weighted by Crippen LogP contribution is -2.31. The number of hydrogen-bond donors (Lipinski definition) is 2. The van der Waals surface area contributed by atoms with E-state index in [1.165, 1.54) is 16.8 Å². The molecule has 0 saturated carbocycles. The number of benzene rings is 1. The minimum absolute atomic E-state index is 0.0305. The van der Waals surface area contributed by atoms with Gasteiger partial charge in [-0.05, 0) is 69.7 Å². The number of nitrogens with zero attached hydrogens (tertiary/aromatic N) is 3. The van der Waals surface area contributed by atoms with Gasteiger partial charge in [0.1, 0.15) is 0 Å².